The lowest BCUT2D eigenvalue weighted by Crippen LogP contribution is -2.26. The van der Waals surface area contributed by atoms with Crippen LogP contribution < -0.4 is 5.32 Å². The molecule has 0 radical (unpaired) electrons. The molecule has 0 bridgehead atoms. The Labute approximate surface area is 178 Å². The Hall–Kier alpha value is -2.59. The summed E-state index contributed by atoms with van der Waals surface area (Å²) < 4.78 is 54.6. The van der Waals surface area contributed by atoms with Crippen molar-refractivity contribution in [3.05, 3.63) is 63.7 Å². The molecular formula is C18H15Cl2F4N5O. The van der Waals surface area contributed by atoms with Crippen molar-refractivity contribution in [3.63, 3.8) is 0 Å². The lowest BCUT2D eigenvalue weighted by molar-refractivity contribution is -0.119. The molecular weight excluding hydrogens is 449 g/mol. The molecule has 0 aliphatic rings. The van der Waals surface area contributed by atoms with E-state index in [1.807, 2.05) is 12.1 Å². The Morgan fingerprint density at radius 1 is 1.17 bits per heavy atom. The molecule has 3 rings (SSSR count). The SMILES string of the molecule is CC(C(=O)Nc1cnn(Cc2ccccc2Cl)c1)n1nc(C(F)F)c(Cl)c1C(F)F. The van der Waals surface area contributed by atoms with Gasteiger partial charge in [-0.2, -0.15) is 10.2 Å². The Morgan fingerprint density at radius 2 is 1.87 bits per heavy atom. The zero-order valence-electron chi connectivity index (χ0n) is 15.4. The molecule has 0 saturated carbocycles. The van der Waals surface area contributed by atoms with Crippen LogP contribution >= 0.6 is 23.2 Å². The molecule has 12 heteroatoms. The van der Waals surface area contributed by atoms with Crippen LogP contribution in [0.2, 0.25) is 10.0 Å². The summed E-state index contributed by atoms with van der Waals surface area (Å²) in [4.78, 5) is 12.5. The lowest BCUT2D eigenvalue weighted by atomic mass is 10.2. The maximum absolute atomic E-state index is 13.3. The van der Waals surface area contributed by atoms with Gasteiger partial charge in [0.25, 0.3) is 12.9 Å². The minimum absolute atomic E-state index is 0.282. The van der Waals surface area contributed by atoms with Gasteiger partial charge in [-0.25, -0.2) is 22.2 Å². The van der Waals surface area contributed by atoms with Crippen LogP contribution in [-0.4, -0.2) is 25.5 Å². The molecule has 2 aromatic heterocycles. The van der Waals surface area contributed by atoms with Crippen molar-refractivity contribution in [2.45, 2.75) is 32.4 Å². The van der Waals surface area contributed by atoms with Crippen molar-refractivity contribution >= 4 is 34.8 Å². The largest absolute Gasteiger partial charge is 0.322 e. The summed E-state index contributed by atoms with van der Waals surface area (Å²) in [6.07, 6.45) is -3.47. The van der Waals surface area contributed by atoms with Crippen molar-refractivity contribution in [2.24, 2.45) is 0 Å². The van der Waals surface area contributed by atoms with E-state index in [0.29, 0.717) is 16.2 Å². The summed E-state index contributed by atoms with van der Waals surface area (Å²) in [6, 6.07) is 5.83. The number of nitrogens with zero attached hydrogens (tertiary/aromatic N) is 4. The Kier molecular flexibility index (Phi) is 6.67. The second kappa shape index (κ2) is 9.05. The van der Waals surface area contributed by atoms with Crippen molar-refractivity contribution in [1.29, 1.82) is 0 Å². The van der Waals surface area contributed by atoms with Gasteiger partial charge in [0.05, 0.1) is 23.5 Å². The molecule has 6 nitrogen and oxygen atoms in total. The third kappa shape index (κ3) is 4.59. The molecule has 1 N–H and O–H groups in total. The third-order valence-electron chi connectivity index (χ3n) is 4.26. The molecule has 0 spiro atoms. The van der Waals surface area contributed by atoms with Crippen molar-refractivity contribution < 1.29 is 22.4 Å². The highest BCUT2D eigenvalue weighted by Gasteiger charge is 2.32. The Bertz CT molecular complexity index is 1050. The first-order chi connectivity index (χ1) is 14.2. The Balaban J connectivity index is 1.76. The molecule has 0 aliphatic heterocycles. The van der Waals surface area contributed by atoms with E-state index in [4.69, 9.17) is 23.2 Å². The number of rotatable bonds is 7. The number of benzene rings is 1. The van der Waals surface area contributed by atoms with Gasteiger partial charge in [0.2, 0.25) is 5.91 Å². The number of hydrogen-bond acceptors (Lipinski definition) is 3. The molecule has 1 aromatic carbocycles. The van der Waals surface area contributed by atoms with Crippen LogP contribution in [0, 0.1) is 0 Å². The van der Waals surface area contributed by atoms with E-state index in [-0.39, 0.29) is 5.69 Å². The standard InChI is InChI=1S/C18H15Cl2F4N5O/c1-9(29-15(17(23)24)13(20)14(27-29)16(21)22)18(30)26-11-6-25-28(8-11)7-10-4-2-3-5-12(10)19/h2-6,8-9,16-17H,7H2,1H3,(H,26,30). The van der Waals surface area contributed by atoms with Gasteiger partial charge in [0.1, 0.15) is 17.4 Å². The first-order valence-electron chi connectivity index (χ1n) is 8.59. The summed E-state index contributed by atoms with van der Waals surface area (Å²) in [5, 5.41) is 9.72. The second-order valence-corrected chi connectivity index (χ2v) is 7.10. The fourth-order valence-electron chi connectivity index (χ4n) is 2.75. The van der Waals surface area contributed by atoms with Crippen LogP contribution in [0.5, 0.6) is 0 Å². The minimum Gasteiger partial charge on any atom is -0.322 e. The topological polar surface area (TPSA) is 64.7 Å². The van der Waals surface area contributed by atoms with Crippen LogP contribution in [-0.2, 0) is 11.3 Å². The van der Waals surface area contributed by atoms with E-state index in [1.54, 1.807) is 12.1 Å². The van der Waals surface area contributed by atoms with E-state index in [0.717, 1.165) is 5.56 Å². The first-order valence-corrected chi connectivity index (χ1v) is 9.35. The molecule has 1 amide bonds. The van der Waals surface area contributed by atoms with E-state index in [9.17, 15) is 22.4 Å². The van der Waals surface area contributed by atoms with Crippen LogP contribution in [0.4, 0.5) is 23.2 Å². The number of alkyl halides is 4. The minimum atomic E-state index is -3.19. The Morgan fingerprint density at radius 3 is 2.50 bits per heavy atom. The highest BCUT2D eigenvalue weighted by Crippen LogP contribution is 2.36. The zero-order chi connectivity index (χ0) is 22.0. The van der Waals surface area contributed by atoms with Gasteiger partial charge in [0.15, 0.2) is 0 Å². The van der Waals surface area contributed by atoms with Crippen LogP contribution in [0.15, 0.2) is 36.7 Å². The highest BCUT2D eigenvalue weighted by atomic mass is 35.5. The van der Waals surface area contributed by atoms with Crippen molar-refractivity contribution in [3.8, 4) is 0 Å². The lowest BCUT2D eigenvalue weighted by Gasteiger charge is -2.15. The van der Waals surface area contributed by atoms with Crippen LogP contribution in [0.1, 0.15) is 42.8 Å². The van der Waals surface area contributed by atoms with Gasteiger partial charge in [-0.05, 0) is 18.6 Å². The number of amides is 1. The van der Waals surface area contributed by atoms with Gasteiger partial charge in [-0.1, -0.05) is 41.4 Å². The smallest absolute Gasteiger partial charge is 0.283 e. The van der Waals surface area contributed by atoms with Gasteiger partial charge < -0.3 is 5.32 Å². The van der Waals surface area contributed by atoms with Crippen molar-refractivity contribution in [1.82, 2.24) is 19.6 Å². The zero-order valence-corrected chi connectivity index (χ0v) is 16.9. The molecule has 1 atom stereocenters. The second-order valence-electron chi connectivity index (χ2n) is 6.31. The average molecular weight is 464 g/mol. The van der Waals surface area contributed by atoms with Gasteiger partial charge >= 0.3 is 0 Å². The molecule has 2 heterocycles. The van der Waals surface area contributed by atoms with Gasteiger partial charge in [0, 0.05) is 11.2 Å². The van der Waals surface area contributed by atoms with E-state index >= 15 is 0 Å². The average Bonchev–Trinajstić information content (AvgIpc) is 3.26. The van der Waals surface area contributed by atoms with E-state index < -0.39 is 41.2 Å². The molecule has 1 unspecified atom stereocenters. The van der Waals surface area contributed by atoms with Gasteiger partial charge in [-0.3, -0.25) is 9.48 Å². The number of nitrogens with one attached hydrogen (secondary N) is 1. The van der Waals surface area contributed by atoms with Crippen LogP contribution in [0.3, 0.4) is 0 Å². The van der Waals surface area contributed by atoms with E-state index in [1.165, 1.54) is 24.0 Å². The first kappa shape index (κ1) is 22.1. The maximum Gasteiger partial charge on any atom is 0.283 e. The van der Waals surface area contributed by atoms with E-state index in [2.05, 4.69) is 15.5 Å². The highest BCUT2D eigenvalue weighted by molar-refractivity contribution is 6.32. The molecule has 30 heavy (non-hydrogen) atoms. The molecule has 3 aromatic rings. The predicted molar refractivity (Wildman–Crippen MR) is 103 cm³/mol. The monoisotopic (exact) mass is 463 g/mol. The summed E-state index contributed by atoms with van der Waals surface area (Å²) in [5.41, 5.74) is -0.853. The fraction of sp³-hybridized carbons (Fsp3) is 0.278. The number of carbonyl (C=O) groups is 1. The number of hydrogen-bond donors (Lipinski definition) is 1. The maximum atomic E-state index is 13.3. The number of aromatic nitrogens is 4. The molecule has 0 aliphatic carbocycles. The van der Waals surface area contributed by atoms with Crippen molar-refractivity contribution in [2.75, 3.05) is 5.32 Å². The quantitative estimate of drug-likeness (QED) is 0.469. The summed E-state index contributed by atoms with van der Waals surface area (Å²) in [5.74, 6) is -0.755. The number of anilines is 1. The summed E-state index contributed by atoms with van der Waals surface area (Å²) in [7, 11) is 0. The van der Waals surface area contributed by atoms with Crippen LogP contribution in [0.25, 0.3) is 0 Å². The number of carbonyl (C=O) groups excluding carboxylic acids is 1. The normalized spacial score (nSPS) is 12.6. The predicted octanol–water partition coefficient (Wildman–Crippen LogP) is 5.51. The third-order valence-corrected chi connectivity index (χ3v) is 5.02. The number of halogens is 6. The molecule has 160 valence electrons. The molecule has 0 fully saturated rings. The van der Waals surface area contributed by atoms with Gasteiger partial charge in [-0.15, -0.1) is 0 Å². The summed E-state index contributed by atoms with van der Waals surface area (Å²) in [6.45, 7) is 1.58. The fourth-order valence-corrected chi connectivity index (χ4v) is 3.23. The molecule has 0 saturated heterocycles. The summed E-state index contributed by atoms with van der Waals surface area (Å²) >= 11 is 11.7.